The van der Waals surface area contributed by atoms with Crippen molar-refractivity contribution in [1.82, 2.24) is 0 Å². The molecule has 1 atom stereocenters. The summed E-state index contributed by atoms with van der Waals surface area (Å²) in [7, 11) is -5.71. The second kappa shape index (κ2) is 7.31. The zero-order valence-corrected chi connectivity index (χ0v) is 13.3. The molecule has 8 heteroatoms. The van der Waals surface area contributed by atoms with Gasteiger partial charge in [0.1, 0.15) is 11.0 Å². The Balaban J connectivity index is 2.87. The van der Waals surface area contributed by atoms with E-state index in [1.54, 1.807) is 0 Å². The lowest BCUT2D eigenvalue weighted by Crippen LogP contribution is -2.34. The highest BCUT2D eigenvalue weighted by Gasteiger charge is 2.35. The number of nitrogens with one attached hydrogen (secondary N) is 1. The fraction of sp³-hybridized carbons (Fsp3) is 0.400. The smallest absolute Gasteiger partial charge is 0.335 e. The molecular formula is C15H17ClFNO4S. The Kier molecular flexibility index (Phi) is 2.87. The normalized spacial score (nSPS) is 31.4. The Morgan fingerprint density at radius 2 is 2.43 bits per heavy atom. The second-order valence-corrected chi connectivity index (χ2v) is 6.00. The molecule has 126 valence electrons. The number of hydrogen-bond donors (Lipinski definition) is 1. The standard InChI is InChI=1S/C15H17ClFNO4S/c1-2-22-15(19)11-5-3-4-6-14(11)23(20,21)18-13-8-7-10(17)9-12(13)16/h5,7-9,14,18H,2-4,6H2,1H3/t14-/m1/s1/i3D2,6D2,7D,8D,9D,14D/hD. The van der Waals surface area contributed by atoms with Crippen molar-refractivity contribution in [1.29, 1.82) is 0 Å². The van der Waals surface area contributed by atoms with Gasteiger partial charge in [-0.1, -0.05) is 17.7 Å². The van der Waals surface area contributed by atoms with Gasteiger partial charge >= 0.3 is 5.97 Å². The first-order chi connectivity index (χ1) is 14.4. The van der Waals surface area contributed by atoms with E-state index in [4.69, 9.17) is 24.0 Å². The summed E-state index contributed by atoms with van der Waals surface area (Å²) in [5, 5.41) is -4.73. The number of halogens is 2. The number of allylic oxidation sites excluding steroid dienone is 1. The SMILES string of the molecule is [2H]c1c([2H])c(N([2H])S(=O)(=O)[C@@]2([2H])C(C(=O)OCC)=CC([2H])([2H])CC2([2H])[2H])c(Cl)c([2H])c1F. The van der Waals surface area contributed by atoms with Gasteiger partial charge in [0.25, 0.3) is 0 Å². The summed E-state index contributed by atoms with van der Waals surface area (Å²) in [6.45, 7) is 1.01. The number of anilines is 1. The number of esters is 1. The van der Waals surface area contributed by atoms with E-state index in [9.17, 15) is 17.6 Å². The molecule has 1 N–H and O–H groups in total. The molecule has 0 spiro atoms. The maximum Gasteiger partial charge on any atom is 0.335 e. The molecule has 1 aliphatic rings. The summed E-state index contributed by atoms with van der Waals surface area (Å²) >= 11 is 5.75. The van der Waals surface area contributed by atoms with Crippen LogP contribution in [0.25, 0.3) is 0 Å². The minimum absolute atomic E-state index is 0.325. The van der Waals surface area contributed by atoms with Gasteiger partial charge < -0.3 is 4.74 Å². The first kappa shape index (κ1) is 9.03. The van der Waals surface area contributed by atoms with E-state index in [0.717, 1.165) is 0 Å². The summed E-state index contributed by atoms with van der Waals surface area (Å²) in [6.07, 6.45) is -6.65. The van der Waals surface area contributed by atoms with Crippen LogP contribution >= 0.6 is 11.6 Å². The number of rotatable bonds is 5. The van der Waals surface area contributed by atoms with Gasteiger partial charge in [-0.2, -0.15) is 0 Å². The maximum absolute atomic E-state index is 13.9. The van der Waals surface area contributed by atoms with Crippen molar-refractivity contribution in [3.8, 4) is 0 Å². The fourth-order valence-electron chi connectivity index (χ4n) is 1.62. The maximum atomic E-state index is 13.9. The third-order valence-electron chi connectivity index (χ3n) is 2.52. The third-order valence-corrected chi connectivity index (χ3v) is 4.10. The number of hydrogen-bond acceptors (Lipinski definition) is 4. The largest absolute Gasteiger partial charge is 0.463 e. The lowest BCUT2D eigenvalue weighted by atomic mass is 9.99. The zero-order chi connectivity index (χ0) is 25.0. The van der Waals surface area contributed by atoms with Crippen LogP contribution in [0.2, 0.25) is 6.43 Å². The summed E-state index contributed by atoms with van der Waals surface area (Å²) in [6, 6.07) is -3.72. The molecule has 0 amide bonds. The summed E-state index contributed by atoms with van der Waals surface area (Å²) < 4.78 is 116. The lowest BCUT2D eigenvalue weighted by Gasteiger charge is -2.24. The van der Waals surface area contributed by atoms with Gasteiger partial charge in [-0.15, -0.1) is 0 Å². The summed E-state index contributed by atoms with van der Waals surface area (Å²) in [5.74, 6) is -3.09. The number of sulfonamides is 1. The van der Waals surface area contributed by atoms with Crippen molar-refractivity contribution >= 4 is 33.3 Å². The van der Waals surface area contributed by atoms with Crippen LogP contribution in [0.15, 0.2) is 29.8 Å². The Morgan fingerprint density at radius 3 is 3.13 bits per heavy atom. The van der Waals surface area contributed by atoms with Crippen molar-refractivity contribution in [2.75, 3.05) is 11.3 Å². The van der Waals surface area contributed by atoms with Gasteiger partial charge in [0.05, 0.1) is 28.4 Å². The molecule has 0 aromatic heterocycles. The zero-order valence-electron chi connectivity index (χ0n) is 20.7. The van der Waals surface area contributed by atoms with E-state index >= 15 is 0 Å². The molecule has 23 heavy (non-hydrogen) atoms. The molecule has 0 fully saturated rings. The van der Waals surface area contributed by atoms with Gasteiger partial charge in [-0.25, -0.2) is 17.6 Å². The number of benzene rings is 1. The quantitative estimate of drug-likeness (QED) is 0.807. The summed E-state index contributed by atoms with van der Waals surface area (Å²) in [4.78, 5) is 12.4. The molecule has 0 heterocycles. The minimum atomic E-state index is -5.71. The first-order valence-corrected chi connectivity index (χ1v) is 8.08. The molecular weight excluding hydrogens is 345 g/mol. The van der Waals surface area contributed by atoms with Crippen LogP contribution in [-0.4, -0.2) is 26.2 Å². The van der Waals surface area contributed by atoms with E-state index in [1.165, 1.54) is 6.92 Å². The Labute approximate surface area is 152 Å². The monoisotopic (exact) mass is 370 g/mol. The number of ether oxygens (including phenoxy) is 1. The van der Waals surface area contributed by atoms with Crippen LogP contribution in [0.5, 0.6) is 0 Å². The second-order valence-electron chi connectivity index (χ2n) is 4.08. The van der Waals surface area contributed by atoms with E-state index in [2.05, 4.69) is 4.74 Å². The molecule has 0 unspecified atom stereocenters. The van der Waals surface area contributed by atoms with Gasteiger partial charge in [-0.3, -0.25) is 4.72 Å². The average Bonchev–Trinajstić information content (AvgIpc) is 2.66. The molecule has 0 radical (unpaired) electrons. The molecule has 0 saturated carbocycles. The predicted molar refractivity (Wildman–Crippen MR) is 86.3 cm³/mol. The molecule has 0 bridgehead atoms. The average molecular weight is 371 g/mol. The number of carbonyl (C=O) groups is 1. The van der Waals surface area contributed by atoms with Crippen LogP contribution in [-0.2, 0) is 19.6 Å². The molecule has 1 aromatic rings. The predicted octanol–water partition coefficient (Wildman–Crippen LogP) is 3.26. The van der Waals surface area contributed by atoms with Crippen molar-refractivity contribution in [3.63, 3.8) is 0 Å². The van der Waals surface area contributed by atoms with E-state index in [1.807, 2.05) is 0 Å². The van der Waals surface area contributed by atoms with Crippen molar-refractivity contribution in [3.05, 3.63) is 40.6 Å². The number of carbonyl (C=O) groups excluding carboxylic acids is 1. The molecule has 0 aliphatic heterocycles. The van der Waals surface area contributed by atoms with Crippen LogP contribution in [0, 0.1) is 5.82 Å². The fourth-order valence-corrected chi connectivity index (χ4v) is 2.99. The van der Waals surface area contributed by atoms with Gasteiger partial charge in [0.15, 0.2) is 1.41 Å². The van der Waals surface area contributed by atoms with Gasteiger partial charge in [0.2, 0.25) is 10.0 Å². The third kappa shape index (κ3) is 4.23. The van der Waals surface area contributed by atoms with E-state index < -0.39 is 85.3 Å². The highest BCUT2D eigenvalue weighted by molar-refractivity contribution is 7.93. The van der Waals surface area contributed by atoms with E-state index in [-0.39, 0.29) is 6.61 Å². The molecule has 0 saturated heterocycles. The van der Waals surface area contributed by atoms with Crippen LogP contribution in [0.4, 0.5) is 10.1 Å². The molecule has 2 rings (SSSR count). The first-order valence-electron chi connectivity index (χ1n) is 10.7. The Hall–Kier alpha value is -1.60. The molecule has 1 aliphatic carbocycles. The van der Waals surface area contributed by atoms with Crippen molar-refractivity contribution < 1.29 is 34.7 Å². The van der Waals surface area contributed by atoms with Crippen molar-refractivity contribution in [2.45, 2.75) is 31.3 Å². The topological polar surface area (TPSA) is 72.5 Å². The summed E-state index contributed by atoms with van der Waals surface area (Å²) in [5.41, 5.74) is -2.46. The molecule has 5 nitrogen and oxygen atoms in total. The molecule has 1 aromatic carbocycles. The Bertz CT molecular complexity index is 1090. The van der Waals surface area contributed by atoms with E-state index in [0.29, 0.717) is 6.08 Å². The Morgan fingerprint density at radius 1 is 1.70 bits per heavy atom. The van der Waals surface area contributed by atoms with Gasteiger partial charge in [-0.05, 0) is 44.2 Å². The van der Waals surface area contributed by atoms with Gasteiger partial charge in [0, 0.05) is 5.48 Å². The van der Waals surface area contributed by atoms with Crippen molar-refractivity contribution in [2.24, 2.45) is 0 Å². The minimum Gasteiger partial charge on any atom is -0.463 e. The highest BCUT2D eigenvalue weighted by atomic mass is 35.5. The van der Waals surface area contributed by atoms with Crippen LogP contribution < -0.4 is 4.72 Å². The van der Waals surface area contributed by atoms with Crippen LogP contribution in [0.1, 0.15) is 37.1 Å². The highest BCUT2D eigenvalue weighted by Crippen LogP contribution is 2.30. The van der Waals surface area contributed by atoms with Crippen LogP contribution in [0.3, 0.4) is 0 Å². The lowest BCUT2D eigenvalue weighted by molar-refractivity contribution is -0.138.